The van der Waals surface area contributed by atoms with Crippen LogP contribution in [0.4, 0.5) is 0 Å². The molecule has 0 unspecified atom stereocenters. The molecular formula is C12H20N2O. The van der Waals surface area contributed by atoms with Crippen molar-refractivity contribution < 1.29 is 4.79 Å². The van der Waals surface area contributed by atoms with E-state index < -0.39 is 0 Å². The lowest BCUT2D eigenvalue weighted by Crippen LogP contribution is -2.43. The van der Waals surface area contributed by atoms with Gasteiger partial charge in [-0.3, -0.25) is 9.69 Å². The van der Waals surface area contributed by atoms with Crippen LogP contribution in [0, 0.1) is 18.3 Å². The van der Waals surface area contributed by atoms with Crippen LogP contribution in [-0.4, -0.2) is 48.9 Å². The Morgan fingerprint density at radius 1 is 1.53 bits per heavy atom. The Morgan fingerprint density at radius 3 is 2.67 bits per heavy atom. The SMILES string of the molecule is C#CCN(C)CC(=O)N1CCC(C)CC1. The van der Waals surface area contributed by atoms with Crippen molar-refractivity contribution in [2.24, 2.45) is 5.92 Å². The predicted molar refractivity (Wildman–Crippen MR) is 61.3 cm³/mol. The molecular weight excluding hydrogens is 188 g/mol. The van der Waals surface area contributed by atoms with Gasteiger partial charge in [0.25, 0.3) is 0 Å². The molecule has 0 spiro atoms. The van der Waals surface area contributed by atoms with Gasteiger partial charge in [0.2, 0.25) is 5.91 Å². The second-order valence-corrected chi connectivity index (χ2v) is 4.44. The van der Waals surface area contributed by atoms with Gasteiger partial charge in [-0.2, -0.15) is 0 Å². The normalized spacial score (nSPS) is 17.9. The molecule has 1 aliphatic rings. The van der Waals surface area contributed by atoms with Gasteiger partial charge in [0.15, 0.2) is 0 Å². The summed E-state index contributed by atoms with van der Waals surface area (Å²) in [4.78, 5) is 15.6. The summed E-state index contributed by atoms with van der Waals surface area (Å²) in [6, 6.07) is 0. The Bertz CT molecular complexity index is 249. The van der Waals surface area contributed by atoms with Gasteiger partial charge >= 0.3 is 0 Å². The summed E-state index contributed by atoms with van der Waals surface area (Å²) >= 11 is 0. The highest BCUT2D eigenvalue weighted by atomic mass is 16.2. The van der Waals surface area contributed by atoms with E-state index in [0.717, 1.165) is 31.8 Å². The monoisotopic (exact) mass is 208 g/mol. The van der Waals surface area contributed by atoms with Crippen LogP contribution in [0.5, 0.6) is 0 Å². The summed E-state index contributed by atoms with van der Waals surface area (Å²) in [7, 11) is 1.88. The van der Waals surface area contributed by atoms with Crippen LogP contribution >= 0.6 is 0 Å². The van der Waals surface area contributed by atoms with Gasteiger partial charge < -0.3 is 4.90 Å². The number of likely N-dealkylation sites (tertiary alicyclic amines) is 1. The van der Waals surface area contributed by atoms with E-state index in [1.165, 1.54) is 0 Å². The molecule has 1 rings (SSSR count). The number of carbonyl (C=O) groups is 1. The Kier molecular flexibility index (Phi) is 4.64. The second-order valence-electron chi connectivity index (χ2n) is 4.44. The molecule has 0 saturated carbocycles. The lowest BCUT2D eigenvalue weighted by Gasteiger charge is -2.31. The van der Waals surface area contributed by atoms with E-state index in [1.54, 1.807) is 0 Å². The summed E-state index contributed by atoms with van der Waals surface area (Å²) in [5.41, 5.74) is 0. The molecule has 0 aromatic carbocycles. The fraction of sp³-hybridized carbons (Fsp3) is 0.750. The summed E-state index contributed by atoms with van der Waals surface area (Å²) in [6.07, 6.45) is 7.44. The standard InChI is InChI=1S/C12H20N2O/c1-4-7-13(3)10-12(15)14-8-5-11(2)6-9-14/h1,11H,5-10H2,2-3H3. The third-order valence-electron chi connectivity index (χ3n) is 2.90. The number of nitrogens with zero attached hydrogens (tertiary/aromatic N) is 2. The van der Waals surface area contributed by atoms with Crippen LogP contribution in [0.3, 0.4) is 0 Å². The first-order chi connectivity index (χ1) is 7.13. The largest absolute Gasteiger partial charge is 0.342 e. The highest BCUT2D eigenvalue weighted by Gasteiger charge is 2.20. The quantitative estimate of drug-likeness (QED) is 0.641. The molecule has 15 heavy (non-hydrogen) atoms. The van der Waals surface area contributed by atoms with Gasteiger partial charge in [-0.25, -0.2) is 0 Å². The minimum atomic E-state index is 0.208. The van der Waals surface area contributed by atoms with Crippen LogP contribution in [0.25, 0.3) is 0 Å². The van der Waals surface area contributed by atoms with Crippen molar-refractivity contribution in [1.82, 2.24) is 9.80 Å². The Morgan fingerprint density at radius 2 is 2.13 bits per heavy atom. The Balaban J connectivity index is 2.31. The fourth-order valence-electron chi connectivity index (χ4n) is 1.80. The minimum Gasteiger partial charge on any atom is -0.342 e. The van der Waals surface area contributed by atoms with Crippen LogP contribution in [0.2, 0.25) is 0 Å². The Labute approximate surface area is 92.4 Å². The van der Waals surface area contributed by atoms with Crippen LogP contribution in [0.15, 0.2) is 0 Å². The van der Waals surface area contributed by atoms with Gasteiger partial charge in [0, 0.05) is 13.1 Å². The number of hydrogen-bond acceptors (Lipinski definition) is 2. The molecule has 0 radical (unpaired) electrons. The molecule has 0 aromatic rings. The van der Waals surface area contributed by atoms with Crippen molar-refractivity contribution in [3.63, 3.8) is 0 Å². The molecule has 1 fully saturated rings. The van der Waals surface area contributed by atoms with E-state index >= 15 is 0 Å². The molecule has 0 aromatic heterocycles. The smallest absolute Gasteiger partial charge is 0.236 e. The molecule has 3 heteroatoms. The first-order valence-electron chi connectivity index (χ1n) is 5.53. The summed E-state index contributed by atoms with van der Waals surface area (Å²) in [5, 5.41) is 0. The average molecular weight is 208 g/mol. The molecule has 0 N–H and O–H groups in total. The zero-order valence-electron chi connectivity index (χ0n) is 9.70. The topological polar surface area (TPSA) is 23.6 Å². The van der Waals surface area contributed by atoms with E-state index in [2.05, 4.69) is 12.8 Å². The summed E-state index contributed by atoms with van der Waals surface area (Å²) in [5.74, 6) is 3.51. The van der Waals surface area contributed by atoms with Gasteiger partial charge in [-0.05, 0) is 25.8 Å². The molecule has 1 aliphatic heterocycles. The van der Waals surface area contributed by atoms with E-state index in [0.29, 0.717) is 13.1 Å². The molecule has 1 amide bonds. The van der Waals surface area contributed by atoms with Crippen LogP contribution < -0.4 is 0 Å². The second kappa shape index (κ2) is 5.77. The maximum Gasteiger partial charge on any atom is 0.236 e. The van der Waals surface area contributed by atoms with E-state index in [1.807, 2.05) is 16.8 Å². The van der Waals surface area contributed by atoms with Gasteiger partial charge in [-0.15, -0.1) is 6.42 Å². The van der Waals surface area contributed by atoms with Crippen molar-refractivity contribution in [3.8, 4) is 12.3 Å². The van der Waals surface area contributed by atoms with Crippen molar-refractivity contribution in [3.05, 3.63) is 0 Å². The number of carbonyl (C=O) groups excluding carboxylic acids is 1. The van der Waals surface area contributed by atoms with Crippen molar-refractivity contribution in [2.75, 3.05) is 33.2 Å². The molecule has 1 saturated heterocycles. The maximum absolute atomic E-state index is 11.8. The first kappa shape index (κ1) is 12.1. The number of likely N-dealkylation sites (N-methyl/N-ethyl adjacent to an activating group) is 1. The molecule has 3 nitrogen and oxygen atoms in total. The minimum absolute atomic E-state index is 0.208. The number of rotatable bonds is 3. The van der Waals surface area contributed by atoms with Crippen LogP contribution in [-0.2, 0) is 4.79 Å². The highest BCUT2D eigenvalue weighted by Crippen LogP contribution is 2.15. The summed E-state index contributed by atoms with van der Waals surface area (Å²) in [6.45, 7) is 5.04. The Hall–Kier alpha value is -1.01. The lowest BCUT2D eigenvalue weighted by atomic mass is 9.99. The van der Waals surface area contributed by atoms with E-state index in [4.69, 9.17) is 6.42 Å². The summed E-state index contributed by atoms with van der Waals surface area (Å²) < 4.78 is 0. The number of terminal acetylenes is 1. The van der Waals surface area contributed by atoms with Crippen molar-refractivity contribution >= 4 is 5.91 Å². The van der Waals surface area contributed by atoms with E-state index in [9.17, 15) is 4.79 Å². The molecule has 0 aliphatic carbocycles. The van der Waals surface area contributed by atoms with Crippen LogP contribution in [0.1, 0.15) is 19.8 Å². The maximum atomic E-state index is 11.8. The first-order valence-corrected chi connectivity index (χ1v) is 5.53. The zero-order valence-corrected chi connectivity index (χ0v) is 9.70. The third-order valence-corrected chi connectivity index (χ3v) is 2.90. The lowest BCUT2D eigenvalue weighted by molar-refractivity contribution is -0.133. The van der Waals surface area contributed by atoms with Crippen molar-refractivity contribution in [1.29, 1.82) is 0 Å². The number of hydrogen-bond donors (Lipinski definition) is 0. The number of piperidine rings is 1. The zero-order chi connectivity index (χ0) is 11.3. The van der Waals surface area contributed by atoms with Crippen molar-refractivity contribution in [2.45, 2.75) is 19.8 Å². The van der Waals surface area contributed by atoms with Gasteiger partial charge in [0.1, 0.15) is 0 Å². The number of amides is 1. The highest BCUT2D eigenvalue weighted by molar-refractivity contribution is 5.78. The third kappa shape index (κ3) is 3.93. The van der Waals surface area contributed by atoms with Gasteiger partial charge in [-0.1, -0.05) is 12.8 Å². The molecule has 84 valence electrons. The predicted octanol–water partition coefficient (Wildman–Crippen LogP) is 0.810. The molecule has 1 heterocycles. The van der Waals surface area contributed by atoms with Gasteiger partial charge in [0.05, 0.1) is 13.1 Å². The molecule has 0 bridgehead atoms. The fourth-order valence-corrected chi connectivity index (χ4v) is 1.80. The molecule has 0 atom stereocenters. The van der Waals surface area contributed by atoms with E-state index in [-0.39, 0.29) is 5.91 Å². The average Bonchev–Trinajstić information content (AvgIpc) is 2.18.